The van der Waals surface area contributed by atoms with Crippen molar-refractivity contribution in [3.05, 3.63) is 11.6 Å². The Hall–Kier alpha value is -1.49. The molecule has 0 aromatic carbocycles. The summed E-state index contributed by atoms with van der Waals surface area (Å²) in [5.41, 5.74) is 0.894. The van der Waals surface area contributed by atoms with Crippen molar-refractivity contribution in [2.45, 2.75) is 85.7 Å². The zero-order valence-electron chi connectivity index (χ0n) is 19.2. The van der Waals surface area contributed by atoms with Gasteiger partial charge in [0, 0.05) is 19.3 Å². The maximum atomic E-state index is 12.8. The van der Waals surface area contributed by atoms with Gasteiger partial charge in [0.1, 0.15) is 6.61 Å². The van der Waals surface area contributed by atoms with Crippen LogP contribution in [0.15, 0.2) is 11.6 Å². The second kappa shape index (κ2) is 8.57. The second-order valence-electron chi connectivity index (χ2n) is 10.0. The number of Topliss-reactive ketones (excluding diaryl/α,β-unsaturated/α-hetero) is 1. The van der Waals surface area contributed by atoms with Crippen LogP contribution in [0.1, 0.15) is 79.6 Å². The third kappa shape index (κ3) is 3.68. The predicted octanol–water partition coefficient (Wildman–Crippen LogP) is 4.26. The SMILES string of the molecule is CC.CC(=O)OCC(=O)C1CCC2C3CCC4=CC(=O)CCC4(C)C3C(O)CC12C. The van der Waals surface area contributed by atoms with Gasteiger partial charge in [0.15, 0.2) is 11.6 Å². The van der Waals surface area contributed by atoms with Crippen LogP contribution in [-0.2, 0) is 19.1 Å². The maximum absolute atomic E-state index is 12.8. The smallest absolute Gasteiger partial charge is 0.303 e. The highest BCUT2D eigenvalue weighted by molar-refractivity contribution is 5.91. The van der Waals surface area contributed by atoms with Gasteiger partial charge in [-0.1, -0.05) is 33.3 Å². The number of aliphatic hydroxyl groups excluding tert-OH is 1. The molecule has 0 amide bonds. The lowest BCUT2D eigenvalue weighted by Gasteiger charge is -2.59. The molecule has 0 saturated heterocycles. The number of hydrogen-bond acceptors (Lipinski definition) is 5. The number of carbonyl (C=O) groups is 3. The van der Waals surface area contributed by atoms with E-state index in [4.69, 9.17) is 4.74 Å². The molecule has 0 aliphatic heterocycles. The lowest BCUT2D eigenvalue weighted by molar-refractivity contribution is -0.154. The van der Waals surface area contributed by atoms with Gasteiger partial charge in [0.25, 0.3) is 0 Å². The van der Waals surface area contributed by atoms with Gasteiger partial charge < -0.3 is 9.84 Å². The molecule has 0 aromatic heterocycles. The molecular formula is C25H38O5. The minimum Gasteiger partial charge on any atom is -0.458 e. The Balaban J connectivity index is 0.00000124. The van der Waals surface area contributed by atoms with E-state index < -0.39 is 12.1 Å². The Morgan fingerprint density at radius 1 is 1.17 bits per heavy atom. The van der Waals surface area contributed by atoms with Crippen molar-refractivity contribution in [1.29, 1.82) is 0 Å². The number of rotatable bonds is 3. The molecule has 168 valence electrons. The average molecular weight is 419 g/mol. The average Bonchev–Trinajstić information content (AvgIpc) is 3.04. The van der Waals surface area contributed by atoms with Crippen LogP contribution in [0.4, 0.5) is 0 Å². The fourth-order valence-corrected chi connectivity index (χ4v) is 7.49. The van der Waals surface area contributed by atoms with Crippen molar-refractivity contribution in [1.82, 2.24) is 0 Å². The Kier molecular flexibility index (Phi) is 6.62. The molecule has 0 aromatic rings. The van der Waals surface area contributed by atoms with Gasteiger partial charge in [-0.15, -0.1) is 0 Å². The van der Waals surface area contributed by atoms with Crippen LogP contribution in [0.25, 0.3) is 0 Å². The molecule has 30 heavy (non-hydrogen) atoms. The summed E-state index contributed by atoms with van der Waals surface area (Å²) in [5.74, 6) is 0.600. The molecule has 0 heterocycles. The van der Waals surface area contributed by atoms with Gasteiger partial charge >= 0.3 is 5.97 Å². The third-order valence-electron chi connectivity index (χ3n) is 8.70. The summed E-state index contributed by atoms with van der Waals surface area (Å²) in [4.78, 5) is 35.9. The summed E-state index contributed by atoms with van der Waals surface area (Å²) in [5, 5.41) is 11.3. The number of aliphatic hydroxyl groups is 1. The monoisotopic (exact) mass is 418 g/mol. The van der Waals surface area contributed by atoms with Gasteiger partial charge in [-0.2, -0.15) is 0 Å². The molecular weight excluding hydrogens is 380 g/mol. The number of fused-ring (bicyclic) bond motifs is 5. The van der Waals surface area contributed by atoms with Gasteiger partial charge in [-0.3, -0.25) is 14.4 Å². The summed E-state index contributed by atoms with van der Waals surface area (Å²) in [6.07, 6.45) is 7.12. The van der Waals surface area contributed by atoms with E-state index in [9.17, 15) is 19.5 Å². The Morgan fingerprint density at radius 2 is 1.87 bits per heavy atom. The first-order valence-electron chi connectivity index (χ1n) is 11.7. The summed E-state index contributed by atoms with van der Waals surface area (Å²) >= 11 is 0. The number of ether oxygens (including phenoxy) is 1. The lowest BCUT2D eigenvalue weighted by atomic mass is 9.46. The first-order chi connectivity index (χ1) is 14.2. The van der Waals surface area contributed by atoms with Crippen molar-refractivity contribution in [3.8, 4) is 0 Å². The van der Waals surface area contributed by atoms with E-state index in [0.29, 0.717) is 24.7 Å². The van der Waals surface area contributed by atoms with Crippen molar-refractivity contribution in [3.63, 3.8) is 0 Å². The Morgan fingerprint density at radius 3 is 2.53 bits per heavy atom. The molecule has 5 heteroatoms. The van der Waals surface area contributed by atoms with Crippen molar-refractivity contribution in [2.75, 3.05) is 6.61 Å². The summed E-state index contributed by atoms with van der Waals surface area (Å²) < 4.78 is 4.98. The molecule has 7 unspecified atom stereocenters. The van der Waals surface area contributed by atoms with E-state index in [0.717, 1.165) is 32.1 Å². The van der Waals surface area contributed by atoms with E-state index >= 15 is 0 Å². The van der Waals surface area contributed by atoms with E-state index in [1.165, 1.54) is 12.5 Å². The number of esters is 1. The Labute approximate surface area is 180 Å². The number of carbonyl (C=O) groups excluding carboxylic acids is 3. The molecule has 1 N–H and O–H groups in total. The molecule has 0 bridgehead atoms. The van der Waals surface area contributed by atoms with E-state index in [1.54, 1.807) is 0 Å². The first-order valence-corrected chi connectivity index (χ1v) is 11.7. The molecule has 4 aliphatic rings. The summed E-state index contributed by atoms with van der Waals surface area (Å²) in [7, 11) is 0. The Bertz CT molecular complexity index is 740. The number of hydrogen-bond donors (Lipinski definition) is 1. The van der Waals surface area contributed by atoms with Gasteiger partial charge in [-0.25, -0.2) is 0 Å². The van der Waals surface area contributed by atoms with Gasteiger partial charge in [-0.05, 0) is 73.2 Å². The van der Waals surface area contributed by atoms with Crippen LogP contribution in [0.2, 0.25) is 0 Å². The van der Waals surface area contributed by atoms with Crippen molar-refractivity contribution in [2.24, 2.45) is 34.5 Å². The van der Waals surface area contributed by atoms with Crippen LogP contribution >= 0.6 is 0 Å². The van der Waals surface area contributed by atoms with E-state index in [-0.39, 0.29) is 40.8 Å². The van der Waals surface area contributed by atoms with Crippen LogP contribution in [0.3, 0.4) is 0 Å². The molecule has 7 atom stereocenters. The zero-order valence-corrected chi connectivity index (χ0v) is 19.2. The highest BCUT2D eigenvalue weighted by Crippen LogP contribution is 2.66. The van der Waals surface area contributed by atoms with Crippen molar-refractivity contribution < 1.29 is 24.2 Å². The van der Waals surface area contributed by atoms with Crippen LogP contribution < -0.4 is 0 Å². The quantitative estimate of drug-likeness (QED) is 0.693. The summed E-state index contributed by atoms with van der Waals surface area (Å²) in [6, 6.07) is 0. The predicted molar refractivity (Wildman–Crippen MR) is 115 cm³/mol. The largest absolute Gasteiger partial charge is 0.458 e. The molecule has 4 aliphatic carbocycles. The van der Waals surface area contributed by atoms with Gasteiger partial charge in [0.05, 0.1) is 6.10 Å². The first kappa shape index (κ1) is 23.2. The second-order valence-corrected chi connectivity index (χ2v) is 10.0. The van der Waals surface area contributed by atoms with Crippen LogP contribution in [0.5, 0.6) is 0 Å². The molecule has 0 radical (unpaired) electrons. The summed E-state index contributed by atoms with van der Waals surface area (Å²) in [6.45, 7) is 9.58. The normalized spacial score (nSPS) is 42.0. The van der Waals surface area contributed by atoms with E-state index in [2.05, 4.69) is 13.8 Å². The number of allylic oxidation sites excluding steroid dienone is 1. The van der Waals surface area contributed by atoms with Crippen LogP contribution in [-0.4, -0.2) is 35.4 Å². The zero-order chi connectivity index (χ0) is 22.3. The van der Waals surface area contributed by atoms with E-state index in [1.807, 2.05) is 19.9 Å². The topological polar surface area (TPSA) is 80.7 Å². The highest BCUT2D eigenvalue weighted by atomic mass is 16.5. The third-order valence-corrected chi connectivity index (χ3v) is 8.70. The molecule has 5 nitrogen and oxygen atoms in total. The van der Waals surface area contributed by atoms with Crippen molar-refractivity contribution >= 4 is 17.5 Å². The maximum Gasteiger partial charge on any atom is 0.303 e. The molecule has 3 saturated carbocycles. The van der Waals surface area contributed by atoms with Crippen LogP contribution in [0, 0.1) is 34.5 Å². The van der Waals surface area contributed by atoms with Gasteiger partial charge in [0.2, 0.25) is 0 Å². The molecule has 3 fully saturated rings. The molecule has 4 rings (SSSR count). The standard InChI is InChI=1S/C23H32O5.C2H6/c1-13(24)28-12-20(27)18-7-6-17-16-5-4-14-10-15(25)8-9-22(14,2)21(16)19(26)11-23(17,18)3;1-2/h10,16-19,21,26H,4-9,11-12H2,1-3H3;1-2H3. The molecule has 0 spiro atoms. The lowest BCUT2D eigenvalue weighted by Crippen LogP contribution is -2.57. The minimum atomic E-state index is -0.463. The highest BCUT2D eigenvalue weighted by Gasteiger charge is 2.62. The minimum absolute atomic E-state index is 0.00304. The fourth-order valence-electron chi connectivity index (χ4n) is 7.49. The number of ketones is 2. The fraction of sp³-hybridized carbons (Fsp3) is 0.800.